The third kappa shape index (κ3) is 7.72. The Balaban J connectivity index is 0.00000106. The van der Waals surface area contributed by atoms with E-state index in [1.807, 2.05) is 58.0 Å². The molecular weight excluding hydrogens is 404 g/mol. The Kier molecular flexibility index (Phi) is 10.5. The molecule has 2 aromatic carbocycles. The molecule has 1 heterocycles. The van der Waals surface area contributed by atoms with Gasteiger partial charge >= 0.3 is 0 Å². The first-order valence-corrected chi connectivity index (χ1v) is 12.0. The summed E-state index contributed by atoms with van der Waals surface area (Å²) in [5.41, 5.74) is 0. The van der Waals surface area contributed by atoms with E-state index >= 15 is 0 Å². The summed E-state index contributed by atoms with van der Waals surface area (Å²) in [6.07, 6.45) is -1.83. The number of ether oxygens (including phenoxy) is 3. The Morgan fingerprint density at radius 2 is 1.53 bits per heavy atom. The Morgan fingerprint density at radius 1 is 1.00 bits per heavy atom. The molecule has 1 aliphatic rings. The van der Waals surface area contributed by atoms with E-state index in [1.54, 1.807) is 26.0 Å². The monoisotopic (exact) mass is 438 g/mol. The lowest BCUT2D eigenvalue weighted by Crippen LogP contribution is -2.36. The quantitative estimate of drug-likeness (QED) is 0.696. The van der Waals surface area contributed by atoms with Crippen molar-refractivity contribution in [2.24, 2.45) is 0 Å². The zero-order chi connectivity index (χ0) is 22.8. The lowest BCUT2D eigenvalue weighted by atomic mass is 10.2. The van der Waals surface area contributed by atoms with Crippen LogP contribution in [0.25, 0.3) is 0 Å². The highest BCUT2D eigenvalue weighted by Gasteiger charge is 2.38. The molecule has 0 aliphatic carbocycles. The number of aliphatic hydroxyl groups is 1. The van der Waals surface area contributed by atoms with Crippen molar-refractivity contribution < 1.29 is 27.7 Å². The molecule has 0 spiro atoms. The van der Waals surface area contributed by atoms with Crippen LogP contribution in [-0.2, 0) is 19.3 Å². The van der Waals surface area contributed by atoms with E-state index in [9.17, 15) is 13.5 Å². The van der Waals surface area contributed by atoms with Crippen LogP contribution in [0, 0.1) is 0 Å². The summed E-state index contributed by atoms with van der Waals surface area (Å²) in [5, 5.41) is 10.2. The van der Waals surface area contributed by atoms with Crippen molar-refractivity contribution in [1.29, 1.82) is 0 Å². The zero-order valence-corrected chi connectivity index (χ0v) is 19.5. The topological polar surface area (TPSA) is 82.1 Å². The largest absolute Gasteiger partial charge is 0.457 e. The number of sulfone groups is 1. The van der Waals surface area contributed by atoms with Gasteiger partial charge in [-0.25, -0.2) is 8.42 Å². The third-order valence-corrected chi connectivity index (χ3v) is 5.78. The van der Waals surface area contributed by atoms with E-state index in [2.05, 4.69) is 0 Å². The van der Waals surface area contributed by atoms with Crippen molar-refractivity contribution in [3.63, 3.8) is 0 Å². The molecule has 168 valence electrons. The molecule has 0 radical (unpaired) electrons. The Labute approximate surface area is 180 Å². The third-order valence-electron chi connectivity index (χ3n) is 4.01. The minimum atomic E-state index is -3.66. The Bertz CT molecular complexity index is 832. The van der Waals surface area contributed by atoms with Crippen LogP contribution in [-0.4, -0.2) is 43.9 Å². The smallest absolute Gasteiger partial charge is 0.181 e. The summed E-state index contributed by atoms with van der Waals surface area (Å²) in [6.45, 7) is 11.6. The summed E-state index contributed by atoms with van der Waals surface area (Å²) in [4.78, 5) is 0.120. The van der Waals surface area contributed by atoms with Crippen LogP contribution < -0.4 is 4.74 Å². The highest BCUT2D eigenvalue weighted by atomic mass is 32.2. The van der Waals surface area contributed by atoms with Crippen LogP contribution in [0.1, 0.15) is 41.5 Å². The first-order valence-electron chi connectivity index (χ1n) is 10.3. The molecule has 2 atom stereocenters. The molecule has 2 aromatic rings. The van der Waals surface area contributed by atoms with E-state index in [0.29, 0.717) is 11.5 Å². The minimum Gasteiger partial charge on any atom is -0.457 e. The average molecular weight is 439 g/mol. The molecule has 1 unspecified atom stereocenters. The molecule has 0 bridgehead atoms. The van der Waals surface area contributed by atoms with Crippen molar-refractivity contribution in [2.45, 2.75) is 64.4 Å². The molecule has 0 aromatic heterocycles. The van der Waals surface area contributed by atoms with Crippen LogP contribution in [0.2, 0.25) is 0 Å². The van der Waals surface area contributed by atoms with Gasteiger partial charge < -0.3 is 19.3 Å². The maximum absolute atomic E-state index is 12.5. The SMILES string of the molecule is CC.CC.CC1(C)OC[C@H](C(O)CS(=O)(=O)c2ccc(Oc3ccccc3)cc2)O1. The summed E-state index contributed by atoms with van der Waals surface area (Å²) in [6, 6.07) is 15.3. The maximum atomic E-state index is 12.5. The van der Waals surface area contributed by atoms with Gasteiger partial charge in [0.15, 0.2) is 15.6 Å². The fourth-order valence-corrected chi connectivity index (χ4v) is 4.08. The number of hydrogen-bond donors (Lipinski definition) is 1. The first kappa shape index (κ1) is 26.1. The normalized spacial score (nSPS) is 18.3. The van der Waals surface area contributed by atoms with Crippen LogP contribution in [0.3, 0.4) is 0 Å². The highest BCUT2D eigenvalue weighted by Crippen LogP contribution is 2.27. The van der Waals surface area contributed by atoms with Gasteiger partial charge in [0.05, 0.1) is 23.4 Å². The van der Waals surface area contributed by atoms with Gasteiger partial charge in [-0.15, -0.1) is 0 Å². The molecule has 1 N–H and O–H groups in total. The van der Waals surface area contributed by atoms with Gasteiger partial charge in [-0.3, -0.25) is 0 Å². The van der Waals surface area contributed by atoms with Crippen LogP contribution in [0.15, 0.2) is 59.5 Å². The summed E-state index contributed by atoms with van der Waals surface area (Å²) < 4.78 is 41.6. The zero-order valence-electron chi connectivity index (χ0n) is 18.7. The molecule has 1 saturated heterocycles. The molecule has 0 saturated carbocycles. The molecule has 1 fully saturated rings. The van der Waals surface area contributed by atoms with Gasteiger partial charge in [-0.1, -0.05) is 45.9 Å². The van der Waals surface area contributed by atoms with E-state index in [1.165, 1.54) is 12.1 Å². The van der Waals surface area contributed by atoms with Crippen molar-refractivity contribution in [1.82, 2.24) is 0 Å². The van der Waals surface area contributed by atoms with E-state index in [0.717, 1.165) is 0 Å². The fourth-order valence-electron chi connectivity index (χ4n) is 2.67. The number of hydrogen-bond acceptors (Lipinski definition) is 6. The maximum Gasteiger partial charge on any atom is 0.181 e. The van der Waals surface area contributed by atoms with E-state index in [-0.39, 0.29) is 11.5 Å². The summed E-state index contributed by atoms with van der Waals surface area (Å²) >= 11 is 0. The van der Waals surface area contributed by atoms with Crippen LogP contribution >= 0.6 is 0 Å². The predicted octanol–water partition coefficient (Wildman–Crippen LogP) is 4.82. The predicted molar refractivity (Wildman–Crippen MR) is 119 cm³/mol. The molecule has 30 heavy (non-hydrogen) atoms. The minimum absolute atomic E-state index is 0.120. The van der Waals surface area contributed by atoms with Gasteiger partial charge in [0.1, 0.15) is 17.6 Å². The van der Waals surface area contributed by atoms with Gasteiger partial charge in [0, 0.05) is 0 Å². The number of benzene rings is 2. The number of rotatable bonds is 6. The molecule has 7 heteroatoms. The summed E-state index contributed by atoms with van der Waals surface area (Å²) in [5.74, 6) is -0.0496. The number of para-hydroxylation sites is 1. The molecular formula is C23H34O6S. The van der Waals surface area contributed by atoms with Gasteiger partial charge in [0.25, 0.3) is 0 Å². The molecule has 1 aliphatic heterocycles. The average Bonchev–Trinajstić information content (AvgIpc) is 3.12. The van der Waals surface area contributed by atoms with Gasteiger partial charge in [-0.2, -0.15) is 0 Å². The highest BCUT2D eigenvalue weighted by molar-refractivity contribution is 7.91. The Morgan fingerprint density at radius 3 is 2.03 bits per heavy atom. The van der Waals surface area contributed by atoms with E-state index < -0.39 is 33.6 Å². The van der Waals surface area contributed by atoms with E-state index in [4.69, 9.17) is 14.2 Å². The van der Waals surface area contributed by atoms with Crippen molar-refractivity contribution in [3.8, 4) is 11.5 Å². The van der Waals surface area contributed by atoms with Crippen molar-refractivity contribution in [2.75, 3.05) is 12.4 Å². The Hall–Kier alpha value is -1.93. The second-order valence-corrected chi connectivity index (χ2v) is 8.64. The van der Waals surface area contributed by atoms with Crippen LogP contribution in [0.5, 0.6) is 11.5 Å². The molecule has 0 amide bonds. The molecule has 6 nitrogen and oxygen atoms in total. The first-order chi connectivity index (χ1) is 14.3. The summed E-state index contributed by atoms with van der Waals surface area (Å²) in [7, 11) is -3.66. The van der Waals surface area contributed by atoms with Crippen LogP contribution in [0.4, 0.5) is 0 Å². The van der Waals surface area contributed by atoms with Crippen molar-refractivity contribution >= 4 is 9.84 Å². The number of aliphatic hydroxyl groups excluding tert-OH is 1. The second-order valence-electron chi connectivity index (χ2n) is 6.60. The second kappa shape index (κ2) is 12.1. The lowest BCUT2D eigenvalue weighted by molar-refractivity contribution is -0.149. The molecule has 3 rings (SSSR count). The lowest BCUT2D eigenvalue weighted by Gasteiger charge is -2.20. The fraction of sp³-hybridized carbons (Fsp3) is 0.478. The standard InChI is InChI=1S/C19H22O6S.2C2H6/c1-19(2)23-12-18(25-19)17(20)13-26(21,22)16-10-8-15(9-11-16)24-14-6-4-3-5-7-14;2*1-2/h3-11,17-18,20H,12-13H2,1-2H3;2*1-2H3/t17?,18-;;/m1../s1. The van der Waals surface area contributed by atoms with Gasteiger partial charge in [-0.05, 0) is 50.2 Å². The van der Waals surface area contributed by atoms with Crippen molar-refractivity contribution in [3.05, 3.63) is 54.6 Å². The van der Waals surface area contributed by atoms with Gasteiger partial charge in [0.2, 0.25) is 0 Å².